The third-order valence-electron chi connectivity index (χ3n) is 4.82. The van der Waals surface area contributed by atoms with E-state index >= 15 is 0 Å². The van der Waals surface area contributed by atoms with Gasteiger partial charge in [0, 0.05) is 31.6 Å². The van der Waals surface area contributed by atoms with Crippen LogP contribution in [0.1, 0.15) is 19.4 Å². The first-order chi connectivity index (χ1) is 13.7. The lowest BCUT2D eigenvalue weighted by Crippen LogP contribution is -2.44. The van der Waals surface area contributed by atoms with Crippen molar-refractivity contribution in [2.45, 2.75) is 20.5 Å². The van der Waals surface area contributed by atoms with Gasteiger partial charge in [0.1, 0.15) is 18.2 Å². The van der Waals surface area contributed by atoms with Crippen molar-refractivity contribution in [3.63, 3.8) is 0 Å². The summed E-state index contributed by atoms with van der Waals surface area (Å²) in [6, 6.07) is 14.5. The molecule has 5 heteroatoms. The zero-order valence-electron chi connectivity index (χ0n) is 16.9. The standard InChI is InChI=1S/C21H22FN3O.C2H6/c1-24-8-10-25(11-9-24)18-13-19-20(23-14-18)6-3-7-21(19)26-15-16-4-2-5-17(22)12-16;1-2/h2-7,12-14H,8-11,15H2,1H3;1-2H3. The van der Waals surface area contributed by atoms with E-state index in [9.17, 15) is 4.39 Å². The van der Waals surface area contributed by atoms with E-state index in [2.05, 4.69) is 27.9 Å². The van der Waals surface area contributed by atoms with E-state index in [0.717, 1.165) is 54.1 Å². The molecule has 0 radical (unpaired) electrons. The van der Waals surface area contributed by atoms with E-state index in [1.807, 2.05) is 44.3 Å². The lowest BCUT2D eigenvalue weighted by Gasteiger charge is -2.33. The molecule has 1 saturated heterocycles. The highest BCUT2D eigenvalue weighted by atomic mass is 19.1. The highest BCUT2D eigenvalue weighted by Gasteiger charge is 2.15. The molecule has 4 nitrogen and oxygen atoms in total. The number of piperazine rings is 1. The predicted octanol–water partition coefficient (Wildman–Crippen LogP) is 4.73. The number of nitrogens with zero attached hydrogens (tertiary/aromatic N) is 3. The molecule has 3 aromatic rings. The van der Waals surface area contributed by atoms with Crippen molar-refractivity contribution in [1.82, 2.24) is 9.88 Å². The van der Waals surface area contributed by atoms with Crippen LogP contribution in [0.5, 0.6) is 5.75 Å². The molecule has 0 bridgehead atoms. The maximum atomic E-state index is 13.4. The summed E-state index contributed by atoms with van der Waals surface area (Å²) in [5.41, 5.74) is 2.83. The van der Waals surface area contributed by atoms with Crippen LogP contribution < -0.4 is 9.64 Å². The lowest BCUT2D eigenvalue weighted by atomic mass is 10.1. The van der Waals surface area contributed by atoms with Crippen molar-refractivity contribution in [2.24, 2.45) is 0 Å². The van der Waals surface area contributed by atoms with Gasteiger partial charge in [-0.1, -0.05) is 32.0 Å². The van der Waals surface area contributed by atoms with Crippen molar-refractivity contribution >= 4 is 16.6 Å². The van der Waals surface area contributed by atoms with Gasteiger partial charge >= 0.3 is 0 Å². The Labute approximate surface area is 166 Å². The van der Waals surface area contributed by atoms with Gasteiger partial charge in [-0.15, -0.1) is 0 Å². The topological polar surface area (TPSA) is 28.6 Å². The summed E-state index contributed by atoms with van der Waals surface area (Å²) in [5, 5.41) is 0.986. The smallest absolute Gasteiger partial charge is 0.129 e. The average molecular weight is 381 g/mol. The Kier molecular flexibility index (Phi) is 6.82. The Morgan fingerprint density at radius 3 is 2.50 bits per heavy atom. The first-order valence-electron chi connectivity index (χ1n) is 9.88. The SMILES string of the molecule is CC.CN1CCN(c2cnc3cccc(OCc4cccc(F)c4)c3c2)CC1. The molecule has 1 aliphatic heterocycles. The number of halogens is 1. The van der Waals surface area contributed by atoms with Crippen molar-refractivity contribution < 1.29 is 9.13 Å². The number of pyridine rings is 1. The Morgan fingerprint density at radius 2 is 1.75 bits per heavy atom. The second-order valence-electron chi connectivity index (χ2n) is 6.73. The van der Waals surface area contributed by atoms with Gasteiger partial charge in [-0.2, -0.15) is 0 Å². The fraction of sp³-hybridized carbons (Fsp3) is 0.348. The lowest BCUT2D eigenvalue weighted by molar-refractivity contribution is 0.309. The molecule has 1 aromatic heterocycles. The van der Waals surface area contributed by atoms with Crippen LogP contribution in [0.3, 0.4) is 0 Å². The molecule has 1 fully saturated rings. The van der Waals surface area contributed by atoms with Crippen molar-refractivity contribution in [3.8, 4) is 5.75 Å². The number of rotatable bonds is 4. The number of likely N-dealkylation sites (N-methyl/N-ethyl adjacent to an activating group) is 1. The van der Waals surface area contributed by atoms with Gasteiger partial charge in [-0.3, -0.25) is 4.98 Å². The molecule has 4 rings (SSSR count). The minimum Gasteiger partial charge on any atom is -0.488 e. The Morgan fingerprint density at radius 1 is 1.00 bits per heavy atom. The normalized spacial score (nSPS) is 14.5. The van der Waals surface area contributed by atoms with Crippen LogP contribution in [0, 0.1) is 5.82 Å². The second kappa shape index (κ2) is 9.51. The maximum absolute atomic E-state index is 13.4. The average Bonchev–Trinajstić information content (AvgIpc) is 2.74. The van der Waals surface area contributed by atoms with Gasteiger partial charge in [-0.05, 0) is 42.9 Å². The maximum Gasteiger partial charge on any atom is 0.129 e. The van der Waals surface area contributed by atoms with E-state index in [0.29, 0.717) is 6.61 Å². The van der Waals surface area contributed by atoms with Gasteiger partial charge in [-0.25, -0.2) is 4.39 Å². The van der Waals surface area contributed by atoms with E-state index in [-0.39, 0.29) is 5.82 Å². The Bertz CT molecular complexity index is 907. The van der Waals surface area contributed by atoms with Crippen LogP contribution in [-0.2, 0) is 6.61 Å². The van der Waals surface area contributed by atoms with Gasteiger partial charge in [0.05, 0.1) is 17.4 Å². The molecule has 0 unspecified atom stereocenters. The summed E-state index contributed by atoms with van der Waals surface area (Å²) in [6.07, 6.45) is 1.93. The molecule has 1 aliphatic rings. The summed E-state index contributed by atoms with van der Waals surface area (Å²) in [7, 11) is 2.15. The molecule has 148 valence electrons. The number of benzene rings is 2. The number of fused-ring (bicyclic) bond motifs is 1. The minimum absolute atomic E-state index is 0.247. The zero-order valence-corrected chi connectivity index (χ0v) is 16.9. The van der Waals surface area contributed by atoms with Gasteiger partial charge in [0.25, 0.3) is 0 Å². The molecule has 0 spiro atoms. The monoisotopic (exact) mass is 381 g/mol. The van der Waals surface area contributed by atoms with Crippen LogP contribution in [0.2, 0.25) is 0 Å². The van der Waals surface area contributed by atoms with E-state index in [1.165, 1.54) is 12.1 Å². The van der Waals surface area contributed by atoms with Crippen LogP contribution >= 0.6 is 0 Å². The highest BCUT2D eigenvalue weighted by molar-refractivity contribution is 5.87. The Balaban J connectivity index is 0.00000109. The molecule has 0 saturated carbocycles. The predicted molar refractivity (Wildman–Crippen MR) is 114 cm³/mol. The number of aromatic nitrogens is 1. The first-order valence-corrected chi connectivity index (χ1v) is 9.88. The van der Waals surface area contributed by atoms with Crippen LogP contribution in [-0.4, -0.2) is 43.1 Å². The molecule has 28 heavy (non-hydrogen) atoms. The van der Waals surface area contributed by atoms with Crippen LogP contribution in [0.4, 0.5) is 10.1 Å². The number of hydrogen-bond acceptors (Lipinski definition) is 4. The summed E-state index contributed by atoms with van der Waals surface area (Å²) in [4.78, 5) is 9.30. The number of hydrogen-bond donors (Lipinski definition) is 0. The molecule has 0 atom stereocenters. The summed E-state index contributed by atoms with van der Waals surface area (Å²) in [6.45, 7) is 8.42. The summed E-state index contributed by atoms with van der Waals surface area (Å²) < 4.78 is 19.3. The fourth-order valence-corrected chi connectivity index (χ4v) is 3.26. The van der Waals surface area contributed by atoms with E-state index < -0.39 is 0 Å². The van der Waals surface area contributed by atoms with Crippen molar-refractivity contribution in [2.75, 3.05) is 38.1 Å². The third-order valence-corrected chi connectivity index (χ3v) is 4.82. The molecular weight excluding hydrogens is 353 g/mol. The summed E-state index contributed by atoms with van der Waals surface area (Å²) >= 11 is 0. The van der Waals surface area contributed by atoms with Crippen LogP contribution in [0.25, 0.3) is 10.9 Å². The van der Waals surface area contributed by atoms with Crippen molar-refractivity contribution in [1.29, 1.82) is 0 Å². The van der Waals surface area contributed by atoms with E-state index in [1.54, 1.807) is 6.07 Å². The zero-order chi connectivity index (χ0) is 19.9. The Hall–Kier alpha value is -2.66. The third kappa shape index (κ3) is 4.78. The number of ether oxygens (including phenoxy) is 1. The quantitative estimate of drug-likeness (QED) is 0.653. The largest absolute Gasteiger partial charge is 0.488 e. The molecule has 0 aliphatic carbocycles. The second-order valence-corrected chi connectivity index (χ2v) is 6.73. The molecular formula is C23H28FN3O. The van der Waals surface area contributed by atoms with E-state index in [4.69, 9.17) is 4.74 Å². The minimum atomic E-state index is -0.247. The van der Waals surface area contributed by atoms with Gasteiger partial charge < -0.3 is 14.5 Å². The highest BCUT2D eigenvalue weighted by Crippen LogP contribution is 2.29. The van der Waals surface area contributed by atoms with Crippen LogP contribution in [0.15, 0.2) is 54.7 Å². The van der Waals surface area contributed by atoms with Gasteiger partial charge in [0.2, 0.25) is 0 Å². The molecule has 2 heterocycles. The number of anilines is 1. The summed E-state index contributed by atoms with van der Waals surface area (Å²) in [5.74, 6) is 0.526. The molecule has 0 amide bonds. The fourth-order valence-electron chi connectivity index (χ4n) is 3.26. The first kappa shape index (κ1) is 20.1. The molecule has 2 aromatic carbocycles. The van der Waals surface area contributed by atoms with Crippen molar-refractivity contribution in [3.05, 3.63) is 66.1 Å². The molecule has 0 N–H and O–H groups in total. The van der Waals surface area contributed by atoms with Gasteiger partial charge in [0.15, 0.2) is 0 Å².